The molecule has 0 radical (unpaired) electrons. The first-order chi connectivity index (χ1) is 14.4. The van der Waals surface area contributed by atoms with Gasteiger partial charge in [-0.3, -0.25) is 4.79 Å². The van der Waals surface area contributed by atoms with Crippen molar-refractivity contribution in [2.45, 2.75) is 44.2 Å². The highest BCUT2D eigenvalue weighted by Crippen LogP contribution is 2.29. The average Bonchev–Trinajstić information content (AvgIpc) is 3.49. The molecule has 1 atom stereocenters. The van der Waals surface area contributed by atoms with E-state index in [1.165, 1.54) is 0 Å². The number of esters is 1. The van der Waals surface area contributed by atoms with E-state index in [-0.39, 0.29) is 36.1 Å². The van der Waals surface area contributed by atoms with Crippen LogP contribution in [0.15, 0.2) is 48.8 Å². The molecular formula is C22H26N2O5S. The lowest BCUT2D eigenvalue weighted by atomic mass is 10.1. The van der Waals surface area contributed by atoms with Crippen LogP contribution >= 0.6 is 0 Å². The van der Waals surface area contributed by atoms with Gasteiger partial charge in [-0.25, -0.2) is 13.2 Å². The Hall–Kier alpha value is -2.61. The Morgan fingerprint density at radius 1 is 1.00 bits per heavy atom. The maximum atomic E-state index is 12.9. The van der Waals surface area contributed by atoms with Crippen LogP contribution in [0, 0.1) is 0 Å². The van der Waals surface area contributed by atoms with Crippen LogP contribution in [0.2, 0.25) is 0 Å². The average molecular weight is 431 g/mol. The van der Waals surface area contributed by atoms with Gasteiger partial charge in [-0.15, -0.1) is 0 Å². The van der Waals surface area contributed by atoms with Gasteiger partial charge < -0.3 is 14.2 Å². The van der Waals surface area contributed by atoms with Crippen molar-refractivity contribution in [1.82, 2.24) is 9.47 Å². The Bertz CT molecular complexity index is 993. The first-order valence-corrected chi connectivity index (χ1v) is 12.2. The predicted molar refractivity (Wildman–Crippen MR) is 112 cm³/mol. The van der Waals surface area contributed by atoms with Crippen LogP contribution in [0.5, 0.6) is 0 Å². The lowest BCUT2D eigenvalue weighted by Crippen LogP contribution is -2.48. The highest BCUT2D eigenvalue weighted by molar-refractivity contribution is 7.91. The summed E-state index contributed by atoms with van der Waals surface area (Å²) >= 11 is 0. The SMILES string of the molecule is O=C(OCC(=O)N(C1CCCC1)C1CCS(=O)(=O)C1)c1ccc(-n2cccc2)cc1. The summed E-state index contributed by atoms with van der Waals surface area (Å²) in [4.78, 5) is 27.0. The van der Waals surface area contributed by atoms with Gasteiger partial charge in [0.2, 0.25) is 0 Å². The van der Waals surface area contributed by atoms with Crippen LogP contribution < -0.4 is 0 Å². The molecule has 2 heterocycles. The van der Waals surface area contributed by atoms with Crippen molar-refractivity contribution in [1.29, 1.82) is 0 Å². The first kappa shape index (κ1) is 20.7. The van der Waals surface area contributed by atoms with E-state index >= 15 is 0 Å². The second-order valence-electron chi connectivity index (χ2n) is 8.01. The number of hydrogen-bond donors (Lipinski definition) is 0. The van der Waals surface area contributed by atoms with Gasteiger partial charge in [-0.05, 0) is 55.7 Å². The number of carbonyl (C=O) groups is 2. The summed E-state index contributed by atoms with van der Waals surface area (Å²) in [5, 5.41) is 0. The van der Waals surface area contributed by atoms with E-state index in [1.807, 2.05) is 41.2 Å². The molecule has 160 valence electrons. The van der Waals surface area contributed by atoms with E-state index in [2.05, 4.69) is 0 Å². The van der Waals surface area contributed by atoms with Crippen molar-refractivity contribution in [3.8, 4) is 5.69 Å². The van der Waals surface area contributed by atoms with E-state index in [0.717, 1.165) is 31.4 Å². The Labute approximate surface area is 176 Å². The molecule has 0 N–H and O–H groups in total. The smallest absolute Gasteiger partial charge is 0.338 e. The molecule has 1 aliphatic carbocycles. The van der Waals surface area contributed by atoms with Gasteiger partial charge in [0.15, 0.2) is 16.4 Å². The highest BCUT2D eigenvalue weighted by atomic mass is 32.2. The molecule has 0 spiro atoms. The van der Waals surface area contributed by atoms with Gasteiger partial charge >= 0.3 is 5.97 Å². The van der Waals surface area contributed by atoms with Crippen LogP contribution in [0.4, 0.5) is 0 Å². The van der Waals surface area contributed by atoms with Crippen LogP contribution in [0.25, 0.3) is 5.69 Å². The third kappa shape index (κ3) is 4.59. The Balaban J connectivity index is 1.39. The van der Waals surface area contributed by atoms with Gasteiger partial charge in [0.05, 0.1) is 17.1 Å². The number of aromatic nitrogens is 1. The molecule has 4 rings (SSSR count). The largest absolute Gasteiger partial charge is 0.452 e. The normalized spacial score (nSPS) is 20.9. The summed E-state index contributed by atoms with van der Waals surface area (Å²) in [6.45, 7) is -0.370. The number of nitrogens with zero attached hydrogens (tertiary/aromatic N) is 2. The molecule has 2 fully saturated rings. The predicted octanol–water partition coefficient (Wildman–Crippen LogP) is 2.59. The molecule has 1 saturated heterocycles. The minimum Gasteiger partial charge on any atom is -0.452 e. The van der Waals surface area contributed by atoms with Crippen LogP contribution in [0.3, 0.4) is 0 Å². The fourth-order valence-corrected chi connectivity index (χ4v) is 6.16. The van der Waals surface area contributed by atoms with Crippen molar-refractivity contribution in [3.05, 3.63) is 54.4 Å². The third-order valence-electron chi connectivity index (χ3n) is 5.94. The summed E-state index contributed by atoms with van der Waals surface area (Å²) in [7, 11) is -3.10. The van der Waals surface area contributed by atoms with E-state index in [4.69, 9.17) is 4.74 Å². The zero-order valence-electron chi connectivity index (χ0n) is 16.8. The summed E-state index contributed by atoms with van der Waals surface area (Å²) < 4.78 is 31.1. The third-order valence-corrected chi connectivity index (χ3v) is 7.69. The molecule has 30 heavy (non-hydrogen) atoms. The number of carbonyl (C=O) groups excluding carboxylic acids is 2. The number of benzene rings is 1. The Morgan fingerprint density at radius 2 is 1.67 bits per heavy atom. The fourth-order valence-electron chi connectivity index (χ4n) is 4.44. The quantitative estimate of drug-likeness (QED) is 0.658. The van der Waals surface area contributed by atoms with E-state index in [1.54, 1.807) is 17.0 Å². The Kier molecular flexibility index (Phi) is 5.94. The Morgan fingerprint density at radius 3 is 2.27 bits per heavy atom. The molecule has 1 aromatic heterocycles. The molecule has 1 aromatic carbocycles. The minimum absolute atomic E-state index is 0.00401. The molecular weight excluding hydrogens is 404 g/mol. The van der Waals surface area contributed by atoms with Crippen molar-refractivity contribution in [2.24, 2.45) is 0 Å². The molecule has 1 unspecified atom stereocenters. The van der Waals surface area contributed by atoms with Gasteiger partial charge in [-0.2, -0.15) is 0 Å². The monoisotopic (exact) mass is 430 g/mol. The number of ether oxygens (including phenoxy) is 1. The molecule has 1 aliphatic heterocycles. The van der Waals surface area contributed by atoms with Gasteiger partial charge in [-0.1, -0.05) is 12.8 Å². The molecule has 2 aromatic rings. The van der Waals surface area contributed by atoms with E-state index in [9.17, 15) is 18.0 Å². The molecule has 1 saturated carbocycles. The van der Waals surface area contributed by atoms with Gasteiger partial charge in [0, 0.05) is 30.2 Å². The number of amides is 1. The molecule has 1 amide bonds. The van der Waals surface area contributed by atoms with E-state index in [0.29, 0.717) is 12.0 Å². The van der Waals surface area contributed by atoms with Crippen LogP contribution in [-0.2, 0) is 19.4 Å². The second-order valence-corrected chi connectivity index (χ2v) is 10.2. The summed E-state index contributed by atoms with van der Waals surface area (Å²) in [6, 6.07) is 10.5. The van der Waals surface area contributed by atoms with E-state index < -0.39 is 15.8 Å². The van der Waals surface area contributed by atoms with Crippen molar-refractivity contribution >= 4 is 21.7 Å². The molecule has 7 nitrogen and oxygen atoms in total. The minimum atomic E-state index is -3.10. The zero-order chi connectivity index (χ0) is 21.1. The van der Waals surface area contributed by atoms with Crippen molar-refractivity contribution in [3.63, 3.8) is 0 Å². The zero-order valence-corrected chi connectivity index (χ0v) is 17.6. The van der Waals surface area contributed by atoms with Crippen molar-refractivity contribution < 1.29 is 22.7 Å². The summed E-state index contributed by atoms with van der Waals surface area (Å²) in [5.41, 5.74) is 1.29. The maximum Gasteiger partial charge on any atom is 0.338 e. The summed E-state index contributed by atoms with van der Waals surface area (Å²) in [6.07, 6.45) is 8.08. The topological polar surface area (TPSA) is 85.7 Å². The number of sulfone groups is 1. The summed E-state index contributed by atoms with van der Waals surface area (Å²) in [5.74, 6) is -0.750. The molecule has 0 bridgehead atoms. The van der Waals surface area contributed by atoms with Crippen molar-refractivity contribution in [2.75, 3.05) is 18.1 Å². The lowest BCUT2D eigenvalue weighted by Gasteiger charge is -2.33. The second kappa shape index (κ2) is 8.63. The van der Waals surface area contributed by atoms with Gasteiger partial charge in [0.1, 0.15) is 0 Å². The number of rotatable bonds is 6. The van der Waals surface area contributed by atoms with Crippen LogP contribution in [0.1, 0.15) is 42.5 Å². The molecule has 2 aliphatic rings. The standard InChI is InChI=1S/C22H26N2O5S/c25-21(24(19-5-1-2-6-19)20-11-14-30(27,28)16-20)15-29-22(26)17-7-9-18(10-8-17)23-12-3-4-13-23/h3-4,7-10,12-13,19-20H,1-2,5-6,11,14-16H2. The first-order valence-electron chi connectivity index (χ1n) is 10.3. The fraction of sp³-hybridized carbons (Fsp3) is 0.455. The molecule has 8 heteroatoms. The maximum absolute atomic E-state index is 12.9. The highest BCUT2D eigenvalue weighted by Gasteiger charge is 2.39. The lowest BCUT2D eigenvalue weighted by molar-refractivity contribution is -0.139. The number of hydrogen-bond acceptors (Lipinski definition) is 5. The van der Waals surface area contributed by atoms with Gasteiger partial charge in [0.25, 0.3) is 5.91 Å². The van der Waals surface area contributed by atoms with Crippen LogP contribution in [-0.4, -0.2) is 60.0 Å².